The third-order valence-corrected chi connectivity index (χ3v) is 3.61. The normalized spacial score (nSPS) is 10.7. The Labute approximate surface area is 107 Å². The summed E-state index contributed by atoms with van der Waals surface area (Å²) in [6, 6.07) is 12.9. The number of fused-ring (bicyclic) bond motifs is 1. The average molecular weight is 255 g/mol. The molecule has 0 aliphatic carbocycles. The number of thiazole rings is 1. The first-order chi connectivity index (χ1) is 8.74. The Hall–Kier alpha value is -2.20. The van der Waals surface area contributed by atoms with Gasteiger partial charge in [0.25, 0.3) is 0 Å². The van der Waals surface area contributed by atoms with E-state index in [2.05, 4.69) is 4.98 Å². The molecule has 0 atom stereocenters. The van der Waals surface area contributed by atoms with Crippen LogP contribution < -0.4 is 0 Å². The molecule has 0 aliphatic heterocycles. The number of nitrogens with zero attached hydrogens (tertiary/aromatic N) is 1. The summed E-state index contributed by atoms with van der Waals surface area (Å²) in [6.07, 6.45) is 0. The Balaban J connectivity index is 2.05. The molecule has 88 valence electrons. The van der Waals surface area contributed by atoms with Gasteiger partial charge >= 0.3 is 5.97 Å². The number of rotatable bonds is 2. The van der Waals surface area contributed by atoms with Gasteiger partial charge in [0.05, 0.1) is 21.3 Å². The molecule has 4 heteroatoms. The predicted molar refractivity (Wildman–Crippen MR) is 72.0 cm³/mol. The van der Waals surface area contributed by atoms with Crippen LogP contribution in [0.1, 0.15) is 10.4 Å². The van der Waals surface area contributed by atoms with Crippen molar-refractivity contribution in [2.45, 2.75) is 0 Å². The van der Waals surface area contributed by atoms with E-state index in [0.29, 0.717) is 5.56 Å². The summed E-state index contributed by atoms with van der Waals surface area (Å²) in [5, 5.41) is 8.85. The Kier molecular flexibility index (Phi) is 2.57. The van der Waals surface area contributed by atoms with Crippen LogP contribution in [0.4, 0.5) is 0 Å². The summed E-state index contributed by atoms with van der Waals surface area (Å²) in [4.78, 5) is 15.1. The number of hydrogen-bond acceptors (Lipinski definition) is 3. The molecular weight excluding hydrogens is 246 g/mol. The maximum absolute atomic E-state index is 10.8. The summed E-state index contributed by atoms with van der Waals surface area (Å²) in [5.74, 6) is -0.906. The monoisotopic (exact) mass is 255 g/mol. The SMILES string of the molecule is O=C(O)c1ccc(-c2ccc3scnc3c2)cc1. The highest BCUT2D eigenvalue weighted by atomic mass is 32.1. The number of hydrogen-bond donors (Lipinski definition) is 1. The van der Waals surface area contributed by atoms with Gasteiger partial charge in [0.15, 0.2) is 0 Å². The Bertz CT molecular complexity index is 716. The van der Waals surface area contributed by atoms with E-state index in [1.807, 2.05) is 35.8 Å². The molecule has 18 heavy (non-hydrogen) atoms. The molecule has 0 saturated carbocycles. The van der Waals surface area contributed by atoms with E-state index in [1.165, 1.54) is 0 Å². The molecule has 0 aliphatic rings. The van der Waals surface area contributed by atoms with Gasteiger partial charge in [0.1, 0.15) is 0 Å². The van der Waals surface area contributed by atoms with Crippen molar-refractivity contribution in [3.8, 4) is 11.1 Å². The van der Waals surface area contributed by atoms with Crippen LogP contribution in [0, 0.1) is 0 Å². The van der Waals surface area contributed by atoms with Crippen LogP contribution in [0.3, 0.4) is 0 Å². The number of carbonyl (C=O) groups is 1. The van der Waals surface area contributed by atoms with Crippen molar-refractivity contribution >= 4 is 27.5 Å². The molecule has 0 fully saturated rings. The lowest BCUT2D eigenvalue weighted by molar-refractivity contribution is 0.0697. The van der Waals surface area contributed by atoms with Gasteiger partial charge in [-0.3, -0.25) is 0 Å². The second-order valence-corrected chi connectivity index (χ2v) is 4.80. The second-order valence-electron chi connectivity index (χ2n) is 3.92. The fraction of sp³-hybridized carbons (Fsp3) is 0. The third kappa shape index (κ3) is 1.87. The van der Waals surface area contributed by atoms with E-state index >= 15 is 0 Å². The molecule has 0 saturated heterocycles. The van der Waals surface area contributed by atoms with Gasteiger partial charge in [-0.05, 0) is 35.4 Å². The molecule has 0 bridgehead atoms. The molecule has 2 aromatic carbocycles. The molecule has 3 nitrogen and oxygen atoms in total. The van der Waals surface area contributed by atoms with Gasteiger partial charge in [0.2, 0.25) is 0 Å². The van der Waals surface area contributed by atoms with Crippen LogP contribution in [0.5, 0.6) is 0 Å². The third-order valence-electron chi connectivity index (χ3n) is 2.80. The fourth-order valence-electron chi connectivity index (χ4n) is 1.84. The molecule has 0 spiro atoms. The standard InChI is InChI=1S/C14H9NO2S/c16-14(17)10-3-1-9(2-4-10)11-5-6-13-12(7-11)15-8-18-13/h1-8H,(H,16,17). The number of aromatic nitrogens is 1. The maximum atomic E-state index is 10.8. The fourth-order valence-corrected chi connectivity index (χ4v) is 2.50. The molecule has 0 amide bonds. The lowest BCUT2D eigenvalue weighted by Crippen LogP contribution is -1.94. The minimum atomic E-state index is -0.906. The van der Waals surface area contributed by atoms with Gasteiger partial charge in [-0.25, -0.2) is 9.78 Å². The largest absolute Gasteiger partial charge is 0.478 e. The Morgan fingerprint density at radius 1 is 1.06 bits per heavy atom. The molecule has 0 unspecified atom stereocenters. The number of carboxylic acid groups (broad SMARTS) is 1. The zero-order chi connectivity index (χ0) is 12.5. The first kappa shape index (κ1) is 10.9. The van der Waals surface area contributed by atoms with Gasteiger partial charge in [-0.15, -0.1) is 11.3 Å². The minimum Gasteiger partial charge on any atom is -0.478 e. The summed E-state index contributed by atoms with van der Waals surface area (Å²) in [5.41, 5.74) is 5.13. The average Bonchev–Trinajstić information content (AvgIpc) is 2.86. The minimum absolute atomic E-state index is 0.300. The molecule has 1 aromatic heterocycles. The number of carboxylic acids is 1. The molecule has 0 radical (unpaired) electrons. The van der Waals surface area contributed by atoms with Gasteiger partial charge < -0.3 is 5.11 Å². The van der Waals surface area contributed by atoms with Crippen molar-refractivity contribution in [3.05, 3.63) is 53.5 Å². The van der Waals surface area contributed by atoms with Crippen LogP contribution in [-0.4, -0.2) is 16.1 Å². The smallest absolute Gasteiger partial charge is 0.335 e. The van der Waals surface area contributed by atoms with Crippen LogP contribution in [0.2, 0.25) is 0 Å². The zero-order valence-electron chi connectivity index (χ0n) is 9.33. The van der Waals surface area contributed by atoms with E-state index in [1.54, 1.807) is 23.5 Å². The van der Waals surface area contributed by atoms with Crippen molar-refractivity contribution in [2.24, 2.45) is 0 Å². The lowest BCUT2D eigenvalue weighted by Gasteiger charge is -2.02. The number of aromatic carboxylic acids is 1. The molecule has 3 rings (SSSR count). The highest BCUT2D eigenvalue weighted by Crippen LogP contribution is 2.26. The molecular formula is C14H9NO2S. The van der Waals surface area contributed by atoms with Gasteiger partial charge in [0, 0.05) is 0 Å². The molecule has 1 heterocycles. The van der Waals surface area contributed by atoms with E-state index < -0.39 is 5.97 Å². The molecule has 1 N–H and O–H groups in total. The van der Waals surface area contributed by atoms with Crippen molar-refractivity contribution in [1.82, 2.24) is 4.98 Å². The van der Waals surface area contributed by atoms with E-state index in [-0.39, 0.29) is 0 Å². The second kappa shape index (κ2) is 4.23. The van der Waals surface area contributed by atoms with E-state index in [9.17, 15) is 4.79 Å². The highest BCUT2D eigenvalue weighted by molar-refractivity contribution is 7.16. The summed E-state index contributed by atoms with van der Waals surface area (Å²) in [7, 11) is 0. The first-order valence-electron chi connectivity index (χ1n) is 5.41. The molecule has 3 aromatic rings. The zero-order valence-corrected chi connectivity index (χ0v) is 10.1. The summed E-state index contributed by atoms with van der Waals surface area (Å²) < 4.78 is 1.15. The van der Waals surface area contributed by atoms with E-state index in [0.717, 1.165) is 21.3 Å². The van der Waals surface area contributed by atoms with Crippen LogP contribution in [-0.2, 0) is 0 Å². The Morgan fingerprint density at radius 3 is 2.50 bits per heavy atom. The van der Waals surface area contributed by atoms with Gasteiger partial charge in [-0.2, -0.15) is 0 Å². The quantitative estimate of drug-likeness (QED) is 0.760. The van der Waals surface area contributed by atoms with Crippen LogP contribution in [0.25, 0.3) is 21.3 Å². The summed E-state index contributed by atoms with van der Waals surface area (Å²) in [6.45, 7) is 0. The number of benzene rings is 2. The summed E-state index contributed by atoms with van der Waals surface area (Å²) >= 11 is 1.61. The topological polar surface area (TPSA) is 50.2 Å². The Morgan fingerprint density at radius 2 is 1.78 bits per heavy atom. The van der Waals surface area contributed by atoms with Crippen molar-refractivity contribution in [1.29, 1.82) is 0 Å². The van der Waals surface area contributed by atoms with Crippen molar-refractivity contribution in [2.75, 3.05) is 0 Å². The van der Waals surface area contributed by atoms with Crippen molar-refractivity contribution < 1.29 is 9.90 Å². The van der Waals surface area contributed by atoms with Gasteiger partial charge in [-0.1, -0.05) is 18.2 Å². The first-order valence-corrected chi connectivity index (χ1v) is 6.29. The van der Waals surface area contributed by atoms with E-state index in [4.69, 9.17) is 5.11 Å². The predicted octanol–water partition coefficient (Wildman–Crippen LogP) is 3.66. The van der Waals surface area contributed by atoms with Crippen LogP contribution in [0.15, 0.2) is 48.0 Å². The lowest BCUT2D eigenvalue weighted by atomic mass is 10.0. The maximum Gasteiger partial charge on any atom is 0.335 e. The highest BCUT2D eigenvalue weighted by Gasteiger charge is 2.04. The van der Waals surface area contributed by atoms with Crippen LogP contribution >= 0.6 is 11.3 Å². The van der Waals surface area contributed by atoms with Crippen molar-refractivity contribution in [3.63, 3.8) is 0 Å².